The van der Waals surface area contributed by atoms with Gasteiger partial charge in [0.2, 0.25) is 0 Å². The minimum atomic E-state index is 0. The van der Waals surface area contributed by atoms with Crippen LogP contribution >= 0.6 is 12.4 Å². The molecule has 2 saturated heterocycles. The van der Waals surface area contributed by atoms with E-state index >= 15 is 0 Å². The molecular formula is C23H37ClN2O. The Morgan fingerprint density at radius 1 is 0.815 bits per heavy atom. The molecule has 27 heavy (non-hydrogen) atoms. The quantitative estimate of drug-likeness (QED) is 0.663. The molecule has 0 atom stereocenters. The molecule has 3 aliphatic rings. The van der Waals surface area contributed by atoms with Crippen LogP contribution < -0.4 is 4.90 Å². The van der Waals surface area contributed by atoms with Gasteiger partial charge in [0.1, 0.15) is 0 Å². The first-order valence-corrected chi connectivity index (χ1v) is 11.0. The molecule has 1 saturated carbocycles. The molecule has 0 bridgehead atoms. The second-order valence-electron chi connectivity index (χ2n) is 8.59. The fraction of sp³-hybridized carbons (Fsp3) is 0.739. The monoisotopic (exact) mass is 392 g/mol. The van der Waals surface area contributed by atoms with Gasteiger partial charge in [0, 0.05) is 51.6 Å². The summed E-state index contributed by atoms with van der Waals surface area (Å²) < 4.78 is 5.52. The van der Waals surface area contributed by atoms with Crippen molar-refractivity contribution in [3.8, 4) is 0 Å². The highest BCUT2D eigenvalue weighted by Gasteiger charge is 2.24. The fourth-order valence-electron chi connectivity index (χ4n) is 5.18. The molecule has 4 heteroatoms. The number of rotatable bonds is 4. The Hall–Kier alpha value is -0.770. The summed E-state index contributed by atoms with van der Waals surface area (Å²) in [6.07, 6.45) is 11.0. The average molecular weight is 393 g/mol. The van der Waals surface area contributed by atoms with Crippen molar-refractivity contribution >= 4 is 18.1 Å². The maximum atomic E-state index is 5.52. The summed E-state index contributed by atoms with van der Waals surface area (Å²) >= 11 is 0. The molecule has 1 aromatic rings. The molecular weight excluding hydrogens is 356 g/mol. The zero-order valence-electron chi connectivity index (χ0n) is 16.8. The van der Waals surface area contributed by atoms with Crippen LogP contribution in [0.3, 0.4) is 0 Å². The second kappa shape index (κ2) is 10.7. The summed E-state index contributed by atoms with van der Waals surface area (Å²) in [5.41, 5.74) is 3.16. The largest absolute Gasteiger partial charge is 0.381 e. The Morgan fingerprint density at radius 3 is 2.19 bits per heavy atom. The van der Waals surface area contributed by atoms with Crippen molar-refractivity contribution in [2.75, 3.05) is 50.8 Å². The van der Waals surface area contributed by atoms with E-state index in [1.54, 1.807) is 5.56 Å². The minimum absolute atomic E-state index is 0. The number of piperazine rings is 1. The van der Waals surface area contributed by atoms with Crippen LogP contribution in [0.1, 0.15) is 62.8 Å². The van der Waals surface area contributed by atoms with Crippen LogP contribution in [0.5, 0.6) is 0 Å². The molecule has 4 rings (SSSR count). The summed E-state index contributed by atoms with van der Waals surface area (Å²) in [4.78, 5) is 5.36. The van der Waals surface area contributed by atoms with E-state index in [2.05, 4.69) is 34.1 Å². The topological polar surface area (TPSA) is 15.7 Å². The lowest BCUT2D eigenvalue weighted by Crippen LogP contribution is -2.48. The van der Waals surface area contributed by atoms with Crippen molar-refractivity contribution in [1.29, 1.82) is 0 Å². The zero-order valence-corrected chi connectivity index (χ0v) is 17.6. The second-order valence-corrected chi connectivity index (χ2v) is 8.59. The van der Waals surface area contributed by atoms with Crippen molar-refractivity contribution in [3.05, 3.63) is 29.8 Å². The van der Waals surface area contributed by atoms with Gasteiger partial charge in [0.15, 0.2) is 0 Å². The maximum absolute atomic E-state index is 5.52. The first-order valence-electron chi connectivity index (χ1n) is 11.0. The van der Waals surface area contributed by atoms with Crippen LogP contribution in [0.4, 0.5) is 5.69 Å². The van der Waals surface area contributed by atoms with Gasteiger partial charge < -0.3 is 9.64 Å². The Kier molecular flexibility index (Phi) is 8.29. The van der Waals surface area contributed by atoms with Crippen molar-refractivity contribution in [2.45, 2.75) is 57.3 Å². The van der Waals surface area contributed by atoms with Crippen molar-refractivity contribution in [3.63, 3.8) is 0 Å². The molecule has 2 aliphatic heterocycles. The molecule has 1 aliphatic carbocycles. The summed E-state index contributed by atoms with van der Waals surface area (Å²) in [5, 5.41) is 0. The van der Waals surface area contributed by atoms with Gasteiger partial charge in [-0.3, -0.25) is 4.90 Å². The number of halogens is 1. The van der Waals surface area contributed by atoms with Crippen LogP contribution in [-0.2, 0) is 4.74 Å². The normalized spacial score (nSPS) is 23.6. The first-order chi connectivity index (χ1) is 12.9. The summed E-state index contributed by atoms with van der Waals surface area (Å²) in [5.74, 6) is 1.64. The molecule has 3 fully saturated rings. The van der Waals surface area contributed by atoms with Crippen LogP contribution in [0.2, 0.25) is 0 Å². The number of hydrogen-bond acceptors (Lipinski definition) is 3. The van der Waals surface area contributed by atoms with E-state index < -0.39 is 0 Å². The predicted octanol–water partition coefficient (Wildman–Crippen LogP) is 5.09. The molecule has 0 amide bonds. The molecule has 0 spiro atoms. The van der Waals surface area contributed by atoms with Gasteiger partial charge in [-0.1, -0.05) is 43.9 Å². The van der Waals surface area contributed by atoms with Gasteiger partial charge in [0.25, 0.3) is 0 Å². The lowest BCUT2D eigenvalue weighted by molar-refractivity contribution is 0.0517. The lowest BCUT2D eigenvalue weighted by atomic mass is 9.90. The van der Waals surface area contributed by atoms with Gasteiger partial charge >= 0.3 is 0 Å². The van der Waals surface area contributed by atoms with Crippen molar-refractivity contribution in [1.82, 2.24) is 4.90 Å². The first kappa shape index (κ1) is 21.0. The predicted molar refractivity (Wildman–Crippen MR) is 116 cm³/mol. The Balaban J connectivity index is 0.00000210. The third-order valence-corrected chi connectivity index (χ3v) is 6.80. The number of benzene rings is 1. The van der Waals surface area contributed by atoms with E-state index in [1.165, 1.54) is 89.8 Å². The van der Waals surface area contributed by atoms with Crippen molar-refractivity contribution in [2.24, 2.45) is 5.92 Å². The lowest BCUT2D eigenvalue weighted by Gasteiger charge is -2.39. The molecule has 0 aromatic heterocycles. The molecule has 152 valence electrons. The third kappa shape index (κ3) is 5.62. The van der Waals surface area contributed by atoms with Gasteiger partial charge in [-0.25, -0.2) is 0 Å². The van der Waals surface area contributed by atoms with E-state index in [9.17, 15) is 0 Å². The third-order valence-electron chi connectivity index (χ3n) is 6.80. The molecule has 1 aromatic carbocycles. The van der Waals surface area contributed by atoms with Crippen LogP contribution in [0.25, 0.3) is 0 Å². The Labute approximate surface area is 171 Å². The smallest absolute Gasteiger partial charge is 0.0469 e. The standard InChI is InChI=1S/C23H36N2O.ClH/c1-2-4-8-21(7-3-1)22-9-5-6-10-23(22)25-15-13-24(14-16-25)19-20-11-17-26-18-12-20;/h5-6,9-10,20-21H,1-4,7-8,11-19H2;1H. The highest BCUT2D eigenvalue weighted by molar-refractivity contribution is 5.85. The van der Waals surface area contributed by atoms with E-state index in [4.69, 9.17) is 4.74 Å². The highest BCUT2D eigenvalue weighted by atomic mass is 35.5. The van der Waals surface area contributed by atoms with E-state index in [-0.39, 0.29) is 12.4 Å². The van der Waals surface area contributed by atoms with E-state index in [1.807, 2.05) is 0 Å². The van der Waals surface area contributed by atoms with Crippen molar-refractivity contribution < 1.29 is 4.74 Å². The highest BCUT2D eigenvalue weighted by Crippen LogP contribution is 2.37. The Bertz CT molecular complexity index is 545. The molecule has 0 unspecified atom stereocenters. The number of para-hydroxylation sites is 1. The molecule has 0 N–H and O–H groups in total. The summed E-state index contributed by atoms with van der Waals surface area (Å²) in [6.45, 7) is 8.03. The van der Waals surface area contributed by atoms with Gasteiger partial charge in [-0.15, -0.1) is 12.4 Å². The van der Waals surface area contributed by atoms with Crippen LogP contribution in [-0.4, -0.2) is 50.8 Å². The molecule has 3 nitrogen and oxygen atoms in total. The molecule has 0 radical (unpaired) electrons. The van der Waals surface area contributed by atoms with Gasteiger partial charge in [-0.2, -0.15) is 0 Å². The summed E-state index contributed by atoms with van der Waals surface area (Å²) in [6, 6.07) is 9.29. The summed E-state index contributed by atoms with van der Waals surface area (Å²) in [7, 11) is 0. The number of ether oxygens (including phenoxy) is 1. The van der Waals surface area contributed by atoms with E-state index in [0.717, 1.165) is 25.0 Å². The average Bonchev–Trinajstić information content (AvgIpc) is 2.99. The fourth-order valence-corrected chi connectivity index (χ4v) is 5.18. The number of anilines is 1. The number of nitrogens with zero attached hydrogens (tertiary/aromatic N) is 2. The van der Waals surface area contributed by atoms with Gasteiger partial charge in [-0.05, 0) is 49.1 Å². The zero-order chi connectivity index (χ0) is 17.6. The van der Waals surface area contributed by atoms with Gasteiger partial charge in [0.05, 0.1) is 0 Å². The van der Waals surface area contributed by atoms with E-state index in [0.29, 0.717) is 0 Å². The SMILES string of the molecule is Cl.c1ccc(N2CCN(CC3CCOCC3)CC2)c(C2CCCCCC2)c1. The molecule has 2 heterocycles. The minimum Gasteiger partial charge on any atom is -0.381 e. The van der Waals surface area contributed by atoms with Crippen LogP contribution in [0.15, 0.2) is 24.3 Å². The maximum Gasteiger partial charge on any atom is 0.0469 e. The van der Waals surface area contributed by atoms with Crippen LogP contribution in [0, 0.1) is 5.92 Å². The number of hydrogen-bond donors (Lipinski definition) is 0. The Morgan fingerprint density at radius 2 is 1.48 bits per heavy atom.